The summed E-state index contributed by atoms with van der Waals surface area (Å²) in [6.07, 6.45) is 5.09. The first-order chi connectivity index (χ1) is 11.7. The Morgan fingerprint density at radius 1 is 1.12 bits per heavy atom. The number of anilines is 1. The molecule has 7 nitrogen and oxygen atoms in total. The van der Waals surface area contributed by atoms with Crippen molar-refractivity contribution in [1.82, 2.24) is 24.8 Å². The van der Waals surface area contributed by atoms with Crippen LogP contribution in [0.5, 0.6) is 0 Å². The monoisotopic (exact) mass is 328 g/mol. The number of alkyl halides is 1. The molecule has 0 aliphatic rings. The molecule has 0 radical (unpaired) electrons. The van der Waals surface area contributed by atoms with Crippen LogP contribution in [0.2, 0.25) is 0 Å². The zero-order valence-corrected chi connectivity index (χ0v) is 13.0. The van der Waals surface area contributed by atoms with Crippen LogP contribution in [-0.2, 0) is 24.3 Å². The van der Waals surface area contributed by atoms with Crippen molar-refractivity contribution >= 4 is 11.7 Å². The molecule has 0 fully saturated rings. The number of nitrogens with one attached hydrogen (secondary N) is 1. The largest absolute Gasteiger partial charge is 0.308 e. The van der Waals surface area contributed by atoms with Gasteiger partial charge in [-0.25, -0.2) is 4.39 Å². The molecule has 1 amide bonds. The quantitative estimate of drug-likeness (QED) is 0.716. The highest BCUT2D eigenvalue weighted by Gasteiger charge is 2.09. The number of hydrogen-bond acceptors (Lipinski definition) is 4. The van der Waals surface area contributed by atoms with Gasteiger partial charge in [-0.1, -0.05) is 30.3 Å². The van der Waals surface area contributed by atoms with E-state index in [0.717, 1.165) is 11.1 Å². The molecule has 2 heterocycles. The molecule has 0 bridgehead atoms. The van der Waals surface area contributed by atoms with E-state index >= 15 is 0 Å². The molecule has 2 aromatic heterocycles. The Kier molecular flexibility index (Phi) is 4.95. The maximum atomic E-state index is 12.2. The number of nitrogens with zero attached hydrogens (tertiary/aromatic N) is 5. The molecule has 0 unspecified atom stereocenters. The highest BCUT2D eigenvalue weighted by Crippen LogP contribution is 2.06. The Labute approximate surface area is 138 Å². The van der Waals surface area contributed by atoms with Crippen molar-refractivity contribution in [2.45, 2.75) is 19.5 Å². The van der Waals surface area contributed by atoms with Crippen molar-refractivity contribution in [1.29, 1.82) is 0 Å². The van der Waals surface area contributed by atoms with Gasteiger partial charge >= 0.3 is 0 Å². The fourth-order valence-corrected chi connectivity index (χ4v) is 2.26. The molecule has 0 aliphatic carbocycles. The Morgan fingerprint density at radius 3 is 2.75 bits per heavy atom. The van der Waals surface area contributed by atoms with Crippen molar-refractivity contribution in [3.05, 3.63) is 60.0 Å². The van der Waals surface area contributed by atoms with Crippen LogP contribution in [0.25, 0.3) is 0 Å². The first kappa shape index (κ1) is 15.9. The summed E-state index contributed by atoms with van der Waals surface area (Å²) in [6.45, 7) is 0.171. The smallest absolute Gasteiger partial charge is 0.230 e. The molecule has 3 rings (SSSR count). The number of rotatable bonds is 7. The second kappa shape index (κ2) is 7.49. The van der Waals surface area contributed by atoms with Gasteiger partial charge < -0.3 is 5.32 Å². The van der Waals surface area contributed by atoms with Crippen LogP contribution in [-0.4, -0.2) is 37.4 Å². The standard InChI is InChI=1S/C16H17FN6O/c17-6-7-23-19-10-15(21-23)20-16(24)8-14-9-18-22(12-14)11-13-4-2-1-3-5-13/h1-5,9-10,12H,6-8,11H2,(H,20,21,24). The summed E-state index contributed by atoms with van der Waals surface area (Å²) >= 11 is 0. The predicted octanol–water partition coefficient (Wildman–Crippen LogP) is 1.67. The number of hydrogen-bond donors (Lipinski definition) is 1. The molecular weight excluding hydrogens is 311 g/mol. The van der Waals surface area contributed by atoms with Gasteiger partial charge in [0, 0.05) is 6.20 Å². The van der Waals surface area contributed by atoms with Crippen LogP contribution >= 0.6 is 0 Å². The van der Waals surface area contributed by atoms with Crippen LogP contribution in [0.1, 0.15) is 11.1 Å². The molecule has 3 aromatic rings. The summed E-state index contributed by atoms with van der Waals surface area (Å²) in [5.41, 5.74) is 1.95. The minimum atomic E-state index is -0.553. The van der Waals surface area contributed by atoms with Crippen LogP contribution in [0, 0.1) is 0 Å². The maximum absolute atomic E-state index is 12.2. The second-order valence-electron chi connectivity index (χ2n) is 5.27. The number of amides is 1. The molecule has 124 valence electrons. The van der Waals surface area contributed by atoms with Crippen LogP contribution in [0.15, 0.2) is 48.9 Å². The number of benzene rings is 1. The molecule has 0 atom stereocenters. The third-order valence-electron chi connectivity index (χ3n) is 3.33. The molecule has 8 heteroatoms. The lowest BCUT2D eigenvalue weighted by Crippen LogP contribution is -2.15. The highest BCUT2D eigenvalue weighted by atomic mass is 19.1. The van der Waals surface area contributed by atoms with E-state index in [0.29, 0.717) is 12.4 Å². The average molecular weight is 328 g/mol. The van der Waals surface area contributed by atoms with Crippen molar-refractivity contribution < 1.29 is 9.18 Å². The zero-order chi connectivity index (χ0) is 16.8. The van der Waals surface area contributed by atoms with Crippen LogP contribution < -0.4 is 5.32 Å². The molecule has 0 saturated carbocycles. The van der Waals surface area contributed by atoms with E-state index < -0.39 is 6.67 Å². The Hall–Kier alpha value is -3.03. The number of aryl methyl sites for hydroxylation is 1. The zero-order valence-electron chi connectivity index (χ0n) is 13.0. The normalized spacial score (nSPS) is 10.7. The lowest BCUT2D eigenvalue weighted by atomic mass is 10.2. The first-order valence-electron chi connectivity index (χ1n) is 7.54. The van der Waals surface area contributed by atoms with Gasteiger partial charge in [0.2, 0.25) is 5.91 Å². The van der Waals surface area contributed by atoms with Crippen molar-refractivity contribution in [3.63, 3.8) is 0 Å². The van der Waals surface area contributed by atoms with E-state index in [2.05, 4.69) is 20.6 Å². The second-order valence-corrected chi connectivity index (χ2v) is 5.27. The summed E-state index contributed by atoms with van der Waals surface area (Å²) in [5.74, 6) is 0.0895. The summed E-state index contributed by atoms with van der Waals surface area (Å²) in [6, 6.07) is 9.96. The molecule has 24 heavy (non-hydrogen) atoms. The van der Waals surface area contributed by atoms with Gasteiger partial charge in [0.1, 0.15) is 6.67 Å². The minimum Gasteiger partial charge on any atom is -0.308 e. The summed E-state index contributed by atoms with van der Waals surface area (Å²) in [4.78, 5) is 13.2. The van der Waals surface area contributed by atoms with E-state index in [1.165, 1.54) is 11.0 Å². The topological polar surface area (TPSA) is 77.6 Å². The Bertz CT molecular complexity index is 798. The number of carbonyl (C=O) groups is 1. The van der Waals surface area contributed by atoms with Crippen LogP contribution in [0.4, 0.5) is 10.2 Å². The maximum Gasteiger partial charge on any atom is 0.230 e. The summed E-state index contributed by atoms with van der Waals surface area (Å²) < 4.78 is 14.0. The Balaban J connectivity index is 1.54. The SMILES string of the molecule is O=C(Cc1cnn(Cc2ccccc2)c1)Nc1cnn(CCF)n1. The molecule has 0 saturated heterocycles. The molecule has 1 aromatic carbocycles. The molecule has 1 N–H and O–H groups in total. The molecular formula is C16H17FN6O. The van der Waals surface area contributed by atoms with E-state index in [1.54, 1.807) is 10.9 Å². The van der Waals surface area contributed by atoms with Gasteiger partial charge in [-0.2, -0.15) is 15.0 Å². The summed E-state index contributed by atoms with van der Waals surface area (Å²) in [7, 11) is 0. The van der Waals surface area contributed by atoms with Gasteiger partial charge in [0.25, 0.3) is 0 Å². The van der Waals surface area contributed by atoms with Crippen molar-refractivity contribution in [2.75, 3.05) is 12.0 Å². The highest BCUT2D eigenvalue weighted by molar-refractivity contribution is 5.91. The lowest BCUT2D eigenvalue weighted by molar-refractivity contribution is -0.115. The van der Waals surface area contributed by atoms with Gasteiger partial charge in [0.05, 0.1) is 31.9 Å². The van der Waals surface area contributed by atoms with Crippen LogP contribution in [0.3, 0.4) is 0 Å². The van der Waals surface area contributed by atoms with Gasteiger partial charge in [-0.15, -0.1) is 5.10 Å². The number of halogens is 1. The van der Waals surface area contributed by atoms with E-state index in [-0.39, 0.29) is 18.9 Å². The Morgan fingerprint density at radius 2 is 1.96 bits per heavy atom. The van der Waals surface area contributed by atoms with Gasteiger partial charge in [-0.3, -0.25) is 9.48 Å². The third kappa shape index (κ3) is 4.25. The fraction of sp³-hybridized carbons (Fsp3) is 0.250. The van der Waals surface area contributed by atoms with E-state index in [1.807, 2.05) is 36.5 Å². The number of carbonyl (C=O) groups excluding carboxylic acids is 1. The lowest BCUT2D eigenvalue weighted by Gasteiger charge is -2.01. The fourth-order valence-electron chi connectivity index (χ4n) is 2.26. The van der Waals surface area contributed by atoms with E-state index in [9.17, 15) is 9.18 Å². The van der Waals surface area contributed by atoms with Crippen molar-refractivity contribution in [2.24, 2.45) is 0 Å². The summed E-state index contributed by atoms with van der Waals surface area (Å²) in [5, 5.41) is 14.7. The average Bonchev–Trinajstić information content (AvgIpc) is 3.18. The van der Waals surface area contributed by atoms with Crippen molar-refractivity contribution in [3.8, 4) is 0 Å². The number of aromatic nitrogens is 5. The van der Waals surface area contributed by atoms with E-state index in [4.69, 9.17) is 0 Å². The first-order valence-corrected chi connectivity index (χ1v) is 7.54. The minimum absolute atomic E-state index is 0.0716. The molecule has 0 aliphatic heterocycles. The van der Waals surface area contributed by atoms with Gasteiger partial charge in [0.15, 0.2) is 5.82 Å². The van der Waals surface area contributed by atoms with Gasteiger partial charge in [-0.05, 0) is 11.1 Å². The predicted molar refractivity (Wildman–Crippen MR) is 86.1 cm³/mol. The molecule has 0 spiro atoms. The third-order valence-corrected chi connectivity index (χ3v) is 3.33.